The van der Waals surface area contributed by atoms with E-state index in [1.54, 1.807) is 11.9 Å². The lowest BCUT2D eigenvalue weighted by molar-refractivity contribution is -0.141. The highest BCUT2D eigenvalue weighted by Crippen LogP contribution is 2.11. The van der Waals surface area contributed by atoms with Gasteiger partial charge in [-0.3, -0.25) is 9.59 Å². The number of hydrogen-bond donors (Lipinski definition) is 2. The predicted molar refractivity (Wildman–Crippen MR) is 83.0 cm³/mol. The summed E-state index contributed by atoms with van der Waals surface area (Å²) in [5.74, 6) is -0.178. The van der Waals surface area contributed by atoms with E-state index in [0.717, 1.165) is 5.56 Å². The quantitative estimate of drug-likeness (QED) is 0.765. The lowest BCUT2D eigenvalue weighted by Crippen LogP contribution is -2.56. The number of carbonyl (C=O) groups excluding carboxylic acids is 2. The van der Waals surface area contributed by atoms with Crippen molar-refractivity contribution in [3.8, 4) is 0 Å². The highest BCUT2D eigenvalue weighted by molar-refractivity contribution is 5.88. The Morgan fingerprint density at radius 1 is 1.41 bits per heavy atom. The van der Waals surface area contributed by atoms with Gasteiger partial charge in [0.05, 0.1) is 19.1 Å². The topological polar surface area (TPSA) is 72.9 Å². The molecule has 2 N–H and O–H groups in total. The first-order valence-corrected chi connectivity index (χ1v) is 7.52. The zero-order valence-electron chi connectivity index (χ0n) is 12.9. The summed E-state index contributed by atoms with van der Waals surface area (Å²) in [6.45, 7) is 2.10. The zero-order valence-corrected chi connectivity index (χ0v) is 12.9. The molecule has 6 nitrogen and oxygen atoms in total. The van der Waals surface area contributed by atoms with E-state index in [4.69, 9.17) is 5.11 Å². The lowest BCUT2D eigenvalue weighted by Gasteiger charge is -2.33. The van der Waals surface area contributed by atoms with Gasteiger partial charge in [-0.2, -0.15) is 0 Å². The second kappa shape index (κ2) is 7.91. The molecule has 1 fully saturated rings. The van der Waals surface area contributed by atoms with Gasteiger partial charge in [0.15, 0.2) is 0 Å². The molecule has 1 aromatic carbocycles. The van der Waals surface area contributed by atoms with Crippen molar-refractivity contribution in [2.75, 3.05) is 33.3 Å². The van der Waals surface area contributed by atoms with E-state index in [-0.39, 0.29) is 31.4 Å². The molecule has 1 aliphatic rings. The van der Waals surface area contributed by atoms with Gasteiger partial charge in [0, 0.05) is 33.2 Å². The number of carbonyl (C=O) groups is 2. The number of aliphatic hydroxyl groups excluding tert-OH is 1. The highest BCUT2D eigenvalue weighted by atomic mass is 16.3. The van der Waals surface area contributed by atoms with Gasteiger partial charge in [0.25, 0.3) is 0 Å². The van der Waals surface area contributed by atoms with Crippen molar-refractivity contribution in [3.63, 3.8) is 0 Å². The van der Waals surface area contributed by atoms with Crippen molar-refractivity contribution in [2.24, 2.45) is 0 Å². The van der Waals surface area contributed by atoms with E-state index in [0.29, 0.717) is 19.6 Å². The summed E-state index contributed by atoms with van der Waals surface area (Å²) in [5.41, 5.74) is 1.08. The summed E-state index contributed by atoms with van der Waals surface area (Å²) in [5, 5.41) is 12.0. The monoisotopic (exact) mass is 305 g/mol. The van der Waals surface area contributed by atoms with Crippen LogP contribution in [0.25, 0.3) is 0 Å². The molecule has 1 saturated heterocycles. The molecule has 1 heterocycles. The van der Waals surface area contributed by atoms with Gasteiger partial charge in [0.2, 0.25) is 11.8 Å². The molecule has 0 aliphatic carbocycles. The normalized spacial score (nSPS) is 18.4. The third-order valence-electron chi connectivity index (χ3n) is 3.84. The summed E-state index contributed by atoms with van der Waals surface area (Å²) in [6, 6.07) is 9.35. The van der Waals surface area contributed by atoms with Crippen LogP contribution < -0.4 is 5.32 Å². The Labute approximate surface area is 130 Å². The maximum Gasteiger partial charge on any atom is 0.240 e. The van der Waals surface area contributed by atoms with Crippen LogP contribution in [0.15, 0.2) is 30.3 Å². The molecule has 1 aromatic rings. The number of aliphatic hydroxyl groups is 1. The average molecular weight is 305 g/mol. The van der Waals surface area contributed by atoms with Crippen LogP contribution in [-0.2, 0) is 16.1 Å². The first-order chi connectivity index (χ1) is 10.6. The van der Waals surface area contributed by atoms with E-state index in [1.807, 2.05) is 30.3 Å². The van der Waals surface area contributed by atoms with Gasteiger partial charge < -0.3 is 20.2 Å². The maximum absolute atomic E-state index is 12.5. The fourth-order valence-electron chi connectivity index (χ4n) is 2.52. The van der Waals surface area contributed by atoms with E-state index in [2.05, 4.69) is 5.32 Å². The molecule has 1 aliphatic heterocycles. The van der Waals surface area contributed by atoms with Crippen LogP contribution in [0.4, 0.5) is 0 Å². The minimum atomic E-state index is -0.480. The molecule has 2 rings (SSSR count). The van der Waals surface area contributed by atoms with Crippen molar-refractivity contribution < 1.29 is 14.7 Å². The number of piperazine rings is 1. The van der Waals surface area contributed by atoms with Crippen LogP contribution in [0.3, 0.4) is 0 Å². The maximum atomic E-state index is 12.5. The fraction of sp³-hybridized carbons (Fsp3) is 0.500. The Bertz CT molecular complexity index is 507. The Hall–Kier alpha value is -1.92. The van der Waals surface area contributed by atoms with Crippen molar-refractivity contribution in [2.45, 2.75) is 19.0 Å². The van der Waals surface area contributed by atoms with Crippen LogP contribution >= 0.6 is 0 Å². The predicted octanol–water partition coefficient (Wildman–Crippen LogP) is -0.172. The van der Waals surface area contributed by atoms with Crippen LogP contribution in [-0.4, -0.2) is 66.1 Å². The van der Waals surface area contributed by atoms with Crippen molar-refractivity contribution in [3.05, 3.63) is 35.9 Å². The van der Waals surface area contributed by atoms with Gasteiger partial charge in [-0.1, -0.05) is 30.3 Å². The number of nitrogens with zero attached hydrogens (tertiary/aromatic N) is 2. The van der Waals surface area contributed by atoms with E-state index >= 15 is 0 Å². The molecular formula is C16H23N3O3. The van der Waals surface area contributed by atoms with Gasteiger partial charge in [-0.25, -0.2) is 0 Å². The number of amides is 2. The van der Waals surface area contributed by atoms with Crippen molar-refractivity contribution in [1.82, 2.24) is 15.1 Å². The van der Waals surface area contributed by atoms with Gasteiger partial charge >= 0.3 is 0 Å². The molecular weight excluding hydrogens is 282 g/mol. The summed E-state index contributed by atoms with van der Waals surface area (Å²) in [4.78, 5) is 27.7. The molecule has 2 amide bonds. The van der Waals surface area contributed by atoms with Crippen LogP contribution in [0.5, 0.6) is 0 Å². The number of benzene rings is 1. The summed E-state index contributed by atoms with van der Waals surface area (Å²) >= 11 is 0. The summed E-state index contributed by atoms with van der Waals surface area (Å²) in [7, 11) is 1.63. The largest absolute Gasteiger partial charge is 0.395 e. The zero-order chi connectivity index (χ0) is 15.9. The van der Waals surface area contributed by atoms with Crippen molar-refractivity contribution >= 4 is 11.8 Å². The molecule has 1 unspecified atom stereocenters. The Kier molecular flexibility index (Phi) is 5.91. The molecule has 120 valence electrons. The van der Waals surface area contributed by atoms with Crippen LogP contribution in [0.2, 0.25) is 0 Å². The number of hydrogen-bond acceptors (Lipinski definition) is 4. The molecule has 0 bridgehead atoms. The number of nitrogens with one attached hydrogen (secondary N) is 1. The van der Waals surface area contributed by atoms with E-state index in [1.165, 1.54) is 4.90 Å². The first-order valence-electron chi connectivity index (χ1n) is 7.52. The molecule has 0 radical (unpaired) electrons. The summed E-state index contributed by atoms with van der Waals surface area (Å²) in [6.07, 6.45) is 0.126. The minimum Gasteiger partial charge on any atom is -0.395 e. The van der Waals surface area contributed by atoms with Crippen LogP contribution in [0.1, 0.15) is 12.0 Å². The average Bonchev–Trinajstić information content (AvgIpc) is 2.52. The molecule has 0 spiro atoms. The third-order valence-corrected chi connectivity index (χ3v) is 3.84. The van der Waals surface area contributed by atoms with Gasteiger partial charge in [-0.15, -0.1) is 0 Å². The van der Waals surface area contributed by atoms with Crippen molar-refractivity contribution in [1.29, 1.82) is 0 Å². The number of likely N-dealkylation sites (N-methyl/N-ethyl adjacent to an activating group) is 1. The van der Waals surface area contributed by atoms with Crippen LogP contribution in [0, 0.1) is 0 Å². The minimum absolute atomic E-state index is 0.0409. The van der Waals surface area contributed by atoms with E-state index < -0.39 is 6.04 Å². The molecule has 6 heteroatoms. The van der Waals surface area contributed by atoms with E-state index in [9.17, 15) is 9.59 Å². The smallest absolute Gasteiger partial charge is 0.240 e. The Morgan fingerprint density at radius 2 is 2.14 bits per heavy atom. The Morgan fingerprint density at radius 3 is 2.82 bits per heavy atom. The van der Waals surface area contributed by atoms with Gasteiger partial charge in [0.1, 0.15) is 0 Å². The summed E-state index contributed by atoms with van der Waals surface area (Å²) < 4.78 is 0. The second-order valence-electron chi connectivity index (χ2n) is 5.50. The Balaban J connectivity index is 1.93. The third kappa shape index (κ3) is 4.29. The SMILES string of the molecule is CN(CCO)C(=O)CC1NCCN(Cc2ccccc2)C1=O. The second-order valence-corrected chi connectivity index (χ2v) is 5.50. The molecule has 1 atom stereocenters. The standard InChI is InChI=1S/C16H23N3O3/c1-18(9-10-20)15(21)11-14-16(22)19(8-7-17-14)12-13-5-3-2-4-6-13/h2-6,14,17,20H,7-12H2,1H3. The first kappa shape index (κ1) is 16.5. The lowest BCUT2D eigenvalue weighted by atomic mass is 10.1. The molecule has 22 heavy (non-hydrogen) atoms. The van der Waals surface area contributed by atoms with Gasteiger partial charge in [-0.05, 0) is 5.56 Å². The molecule has 0 aromatic heterocycles. The highest BCUT2D eigenvalue weighted by Gasteiger charge is 2.30. The fourth-order valence-corrected chi connectivity index (χ4v) is 2.52. The number of rotatable bonds is 6. The molecule has 0 saturated carbocycles.